The third kappa shape index (κ3) is 5.38. The van der Waals surface area contributed by atoms with Crippen molar-refractivity contribution < 1.29 is 4.42 Å². The van der Waals surface area contributed by atoms with Gasteiger partial charge < -0.3 is 9.32 Å². The van der Waals surface area contributed by atoms with Gasteiger partial charge in [0.15, 0.2) is 0 Å². The fraction of sp³-hybridized carbons (Fsp3) is 0.0492. The van der Waals surface area contributed by atoms with Crippen molar-refractivity contribution in [3.8, 4) is 44.5 Å². The molecule has 0 N–H and O–H groups in total. The van der Waals surface area contributed by atoms with Crippen LogP contribution in [0.2, 0.25) is 0 Å². The summed E-state index contributed by atoms with van der Waals surface area (Å²) in [7, 11) is 0. The molecule has 1 heterocycles. The fourth-order valence-electron chi connectivity index (χ4n) is 11.0. The van der Waals surface area contributed by atoms with Gasteiger partial charge in [-0.1, -0.05) is 170 Å². The molecule has 2 nitrogen and oxygen atoms in total. The van der Waals surface area contributed by atoms with Gasteiger partial charge in [-0.15, -0.1) is 0 Å². The molecule has 0 radical (unpaired) electrons. The van der Waals surface area contributed by atoms with Crippen molar-refractivity contribution in [2.75, 3.05) is 4.90 Å². The van der Waals surface area contributed by atoms with Gasteiger partial charge in [-0.3, -0.25) is 0 Å². The molecular formula is C61H41NO. The minimum Gasteiger partial charge on any atom is -0.456 e. The first kappa shape index (κ1) is 35.8. The predicted molar refractivity (Wildman–Crippen MR) is 262 cm³/mol. The molecule has 13 rings (SSSR count). The van der Waals surface area contributed by atoms with E-state index in [2.05, 4.69) is 217 Å². The first-order valence-electron chi connectivity index (χ1n) is 22.1. The lowest BCUT2D eigenvalue weighted by atomic mass is 9.70. The molecule has 1 atom stereocenters. The Morgan fingerprint density at radius 2 is 0.968 bits per heavy atom. The van der Waals surface area contributed by atoms with Crippen LogP contribution in [0.25, 0.3) is 72.0 Å². The third-order valence-electron chi connectivity index (χ3n) is 13.7. The Balaban J connectivity index is 0.944. The Bertz CT molecular complexity index is 3500. The summed E-state index contributed by atoms with van der Waals surface area (Å²) in [6.07, 6.45) is 9.23. The Hall–Kier alpha value is -7.94. The van der Waals surface area contributed by atoms with Crippen LogP contribution >= 0.6 is 0 Å². The monoisotopic (exact) mass is 803 g/mol. The van der Waals surface area contributed by atoms with Gasteiger partial charge in [0.05, 0.1) is 5.41 Å². The van der Waals surface area contributed by atoms with Crippen molar-refractivity contribution >= 4 is 44.6 Å². The average Bonchev–Trinajstić information content (AvgIpc) is 3.99. The largest absolute Gasteiger partial charge is 0.456 e. The molecule has 0 aliphatic heterocycles. The number of anilines is 3. The minimum atomic E-state index is -0.430. The molecule has 296 valence electrons. The molecule has 3 aliphatic rings. The van der Waals surface area contributed by atoms with Gasteiger partial charge in [0.25, 0.3) is 0 Å². The van der Waals surface area contributed by atoms with E-state index in [1.54, 1.807) is 0 Å². The topological polar surface area (TPSA) is 16.4 Å². The highest BCUT2D eigenvalue weighted by atomic mass is 16.3. The Morgan fingerprint density at radius 3 is 1.75 bits per heavy atom. The maximum atomic E-state index is 6.42. The van der Waals surface area contributed by atoms with Gasteiger partial charge in [-0.25, -0.2) is 0 Å². The van der Waals surface area contributed by atoms with Crippen LogP contribution < -0.4 is 4.90 Å². The highest BCUT2D eigenvalue weighted by Crippen LogP contribution is 2.64. The van der Waals surface area contributed by atoms with E-state index in [4.69, 9.17) is 4.42 Å². The molecule has 0 amide bonds. The average molecular weight is 804 g/mol. The van der Waals surface area contributed by atoms with Crippen molar-refractivity contribution in [2.45, 2.75) is 18.3 Å². The summed E-state index contributed by atoms with van der Waals surface area (Å²) in [5, 5.41) is 2.25. The van der Waals surface area contributed by atoms with Crippen molar-refractivity contribution in [2.24, 2.45) is 0 Å². The van der Waals surface area contributed by atoms with Crippen LogP contribution in [0.15, 0.2) is 229 Å². The van der Waals surface area contributed by atoms with Gasteiger partial charge in [0.1, 0.15) is 11.2 Å². The molecule has 1 spiro atoms. The SMILES string of the molecule is C1=CC(c2cccc3c2-c2ccccc2C32c3ccccc3-c3ccc(-c4ccc(N(c5ccc(-c6ccccc6)cc5)c5ccc6c(c5)oc5ccccc56)cc4)cc32)=CCC1. The van der Waals surface area contributed by atoms with E-state index < -0.39 is 5.41 Å². The summed E-state index contributed by atoms with van der Waals surface area (Å²) in [5.41, 5.74) is 22.7. The second-order valence-electron chi connectivity index (χ2n) is 17.0. The zero-order chi connectivity index (χ0) is 41.5. The summed E-state index contributed by atoms with van der Waals surface area (Å²) in [6, 6.07) is 75.8. The summed E-state index contributed by atoms with van der Waals surface area (Å²) in [5.74, 6) is 0. The van der Waals surface area contributed by atoms with E-state index >= 15 is 0 Å². The Morgan fingerprint density at radius 1 is 0.381 bits per heavy atom. The number of rotatable bonds is 6. The summed E-state index contributed by atoms with van der Waals surface area (Å²) >= 11 is 0. The van der Waals surface area contributed by atoms with E-state index in [0.717, 1.165) is 51.8 Å². The van der Waals surface area contributed by atoms with E-state index in [0.29, 0.717) is 0 Å². The molecule has 0 saturated heterocycles. The first-order chi connectivity index (χ1) is 31.2. The standard InChI is InChI=1S/C61H41NO/c1-3-14-40(15-4-1)41-26-31-45(32-27-41)62(47-35-37-52-51-19-9-12-25-58(51)63-59(52)39-47)46-33-28-42(29-34-46)44-30-36-50-49-18-7-10-22-54(49)61(57(50)38-44)55-23-11-8-20-53(55)60-48(21-13-24-56(60)61)43-16-5-2-6-17-43/h1,3-5,7-39H,2,6H2. The van der Waals surface area contributed by atoms with Crippen molar-refractivity contribution in [3.63, 3.8) is 0 Å². The second kappa shape index (κ2) is 14.1. The van der Waals surface area contributed by atoms with Crippen LogP contribution in [0.4, 0.5) is 17.1 Å². The van der Waals surface area contributed by atoms with Crippen LogP contribution in [-0.2, 0) is 5.41 Å². The fourth-order valence-corrected chi connectivity index (χ4v) is 11.0. The maximum absolute atomic E-state index is 6.42. The molecule has 2 heteroatoms. The molecule has 3 aliphatic carbocycles. The number of benzene rings is 9. The minimum absolute atomic E-state index is 0.430. The lowest BCUT2D eigenvalue weighted by Crippen LogP contribution is -2.26. The highest BCUT2D eigenvalue weighted by Gasteiger charge is 2.52. The van der Waals surface area contributed by atoms with E-state index in [9.17, 15) is 0 Å². The van der Waals surface area contributed by atoms with E-state index in [1.807, 2.05) is 12.1 Å². The van der Waals surface area contributed by atoms with Crippen molar-refractivity contribution in [1.29, 1.82) is 0 Å². The van der Waals surface area contributed by atoms with E-state index in [-0.39, 0.29) is 0 Å². The quantitative estimate of drug-likeness (QED) is 0.166. The van der Waals surface area contributed by atoms with Crippen LogP contribution in [0, 0.1) is 0 Å². The molecule has 9 aromatic carbocycles. The Kier molecular flexibility index (Phi) is 7.98. The van der Waals surface area contributed by atoms with Crippen LogP contribution in [-0.4, -0.2) is 0 Å². The number of para-hydroxylation sites is 1. The van der Waals surface area contributed by atoms with Gasteiger partial charge in [0.2, 0.25) is 0 Å². The zero-order valence-corrected chi connectivity index (χ0v) is 34.6. The lowest BCUT2D eigenvalue weighted by Gasteiger charge is -2.31. The molecular weight excluding hydrogens is 763 g/mol. The highest BCUT2D eigenvalue weighted by molar-refractivity contribution is 6.06. The summed E-state index contributed by atoms with van der Waals surface area (Å²) in [6.45, 7) is 0. The Labute approximate surface area is 367 Å². The predicted octanol–water partition coefficient (Wildman–Crippen LogP) is 16.5. The summed E-state index contributed by atoms with van der Waals surface area (Å²) in [4.78, 5) is 2.33. The number of hydrogen-bond donors (Lipinski definition) is 0. The molecule has 10 aromatic rings. The number of hydrogen-bond acceptors (Lipinski definition) is 2. The first-order valence-corrected chi connectivity index (χ1v) is 22.1. The summed E-state index contributed by atoms with van der Waals surface area (Å²) < 4.78 is 6.42. The second-order valence-corrected chi connectivity index (χ2v) is 17.0. The maximum Gasteiger partial charge on any atom is 0.137 e. The van der Waals surface area contributed by atoms with Crippen LogP contribution in [0.5, 0.6) is 0 Å². The zero-order valence-electron chi connectivity index (χ0n) is 34.6. The smallest absolute Gasteiger partial charge is 0.137 e. The van der Waals surface area contributed by atoms with Crippen molar-refractivity contribution in [3.05, 3.63) is 252 Å². The third-order valence-corrected chi connectivity index (χ3v) is 13.7. The lowest BCUT2D eigenvalue weighted by molar-refractivity contribution is 0.669. The molecule has 1 unspecified atom stereocenters. The van der Waals surface area contributed by atoms with Crippen molar-refractivity contribution in [1.82, 2.24) is 0 Å². The molecule has 63 heavy (non-hydrogen) atoms. The van der Waals surface area contributed by atoms with Gasteiger partial charge in [-0.2, -0.15) is 0 Å². The molecule has 0 fully saturated rings. The van der Waals surface area contributed by atoms with Crippen LogP contribution in [0.3, 0.4) is 0 Å². The van der Waals surface area contributed by atoms with Gasteiger partial charge >= 0.3 is 0 Å². The number of fused-ring (bicyclic) bond motifs is 13. The number of furan rings is 1. The number of allylic oxidation sites excluding steroid dienone is 4. The molecule has 0 bridgehead atoms. The molecule has 0 saturated carbocycles. The van der Waals surface area contributed by atoms with Gasteiger partial charge in [0, 0.05) is 33.9 Å². The van der Waals surface area contributed by atoms with Gasteiger partial charge in [-0.05, 0) is 139 Å². The molecule has 1 aromatic heterocycles. The van der Waals surface area contributed by atoms with Crippen LogP contribution in [0.1, 0.15) is 40.7 Å². The number of nitrogens with zero attached hydrogens (tertiary/aromatic N) is 1. The normalized spacial score (nSPS) is 15.6. The van der Waals surface area contributed by atoms with E-state index in [1.165, 1.54) is 77.9 Å².